The second-order valence-corrected chi connectivity index (χ2v) is 7.40. The summed E-state index contributed by atoms with van der Waals surface area (Å²) < 4.78 is 5.24. The van der Waals surface area contributed by atoms with Crippen molar-refractivity contribution in [1.29, 1.82) is 0 Å². The number of anilines is 2. The van der Waals surface area contributed by atoms with Gasteiger partial charge in [0, 0.05) is 17.0 Å². The first-order chi connectivity index (χ1) is 13.2. The zero-order valence-electron chi connectivity index (χ0n) is 15.4. The molecule has 0 aliphatic carbocycles. The van der Waals surface area contributed by atoms with Crippen LogP contribution in [0.1, 0.15) is 23.2 Å². The Labute approximate surface area is 162 Å². The quantitative estimate of drug-likeness (QED) is 0.477. The summed E-state index contributed by atoms with van der Waals surface area (Å²) in [5.74, 6) is 2.52. The van der Waals surface area contributed by atoms with Crippen LogP contribution in [0.4, 0.5) is 11.5 Å². The minimum Gasteiger partial charge on any atom is -0.497 e. The lowest BCUT2D eigenvalue weighted by Crippen LogP contribution is -2.01. The first-order valence-electron chi connectivity index (χ1n) is 8.99. The Morgan fingerprint density at radius 3 is 2.48 bits per heavy atom. The number of nitrogens with one attached hydrogen (secondary N) is 1. The largest absolute Gasteiger partial charge is 0.497 e. The van der Waals surface area contributed by atoms with Crippen molar-refractivity contribution in [3.8, 4) is 5.75 Å². The monoisotopic (exact) mass is 375 g/mol. The van der Waals surface area contributed by atoms with Gasteiger partial charge in [0.15, 0.2) is 0 Å². The van der Waals surface area contributed by atoms with Crippen molar-refractivity contribution in [3.05, 3.63) is 76.9 Å². The molecule has 0 bridgehead atoms. The zero-order valence-corrected chi connectivity index (χ0v) is 16.2. The van der Waals surface area contributed by atoms with E-state index in [2.05, 4.69) is 30.4 Å². The molecule has 136 valence electrons. The van der Waals surface area contributed by atoms with Crippen LogP contribution in [0.5, 0.6) is 5.75 Å². The molecule has 0 aliphatic rings. The fourth-order valence-electron chi connectivity index (χ4n) is 2.95. The van der Waals surface area contributed by atoms with Crippen LogP contribution in [0, 0.1) is 0 Å². The number of hydrogen-bond acceptors (Lipinski definition) is 5. The van der Waals surface area contributed by atoms with Gasteiger partial charge in [0.05, 0.1) is 12.5 Å². The van der Waals surface area contributed by atoms with E-state index in [9.17, 15) is 0 Å². The number of rotatable bonds is 6. The highest BCUT2D eigenvalue weighted by Crippen LogP contribution is 2.31. The van der Waals surface area contributed by atoms with Crippen LogP contribution in [0.2, 0.25) is 0 Å². The molecule has 4 nitrogen and oxygen atoms in total. The molecule has 2 aromatic carbocycles. The summed E-state index contributed by atoms with van der Waals surface area (Å²) in [4.78, 5) is 12.0. The van der Waals surface area contributed by atoms with E-state index in [-0.39, 0.29) is 0 Å². The lowest BCUT2D eigenvalue weighted by Gasteiger charge is -2.10. The molecule has 0 aliphatic heterocycles. The summed E-state index contributed by atoms with van der Waals surface area (Å²) in [6.45, 7) is 2.17. The van der Waals surface area contributed by atoms with Gasteiger partial charge in [-0.1, -0.05) is 37.3 Å². The highest BCUT2D eigenvalue weighted by molar-refractivity contribution is 7.18. The van der Waals surface area contributed by atoms with Gasteiger partial charge < -0.3 is 10.1 Å². The molecule has 0 saturated heterocycles. The van der Waals surface area contributed by atoms with Crippen molar-refractivity contribution in [2.24, 2.45) is 0 Å². The molecule has 5 heteroatoms. The molecule has 0 unspecified atom stereocenters. The summed E-state index contributed by atoms with van der Waals surface area (Å²) in [6, 6.07) is 20.4. The van der Waals surface area contributed by atoms with E-state index in [1.807, 2.05) is 42.5 Å². The van der Waals surface area contributed by atoms with Crippen molar-refractivity contribution in [3.63, 3.8) is 0 Å². The molecule has 1 N–H and O–H groups in total. The van der Waals surface area contributed by atoms with Gasteiger partial charge in [-0.3, -0.25) is 0 Å². The maximum Gasteiger partial charge on any atom is 0.142 e. The molecular weight excluding hydrogens is 354 g/mol. The van der Waals surface area contributed by atoms with Gasteiger partial charge in [0.25, 0.3) is 0 Å². The molecule has 4 aromatic rings. The van der Waals surface area contributed by atoms with E-state index in [1.54, 1.807) is 18.4 Å². The Morgan fingerprint density at radius 2 is 1.78 bits per heavy atom. The molecule has 0 amide bonds. The second-order valence-electron chi connectivity index (χ2n) is 6.29. The topological polar surface area (TPSA) is 47.0 Å². The number of aromatic nitrogens is 2. The third-order valence-electron chi connectivity index (χ3n) is 4.40. The number of methoxy groups -OCH3 is 1. The van der Waals surface area contributed by atoms with Gasteiger partial charge in [-0.25, -0.2) is 9.97 Å². The van der Waals surface area contributed by atoms with Crippen LogP contribution in [-0.4, -0.2) is 17.1 Å². The smallest absolute Gasteiger partial charge is 0.142 e. The first-order valence-corrected chi connectivity index (χ1v) is 9.81. The molecule has 0 fully saturated rings. The van der Waals surface area contributed by atoms with Crippen molar-refractivity contribution in [2.45, 2.75) is 19.8 Å². The predicted molar refractivity (Wildman–Crippen MR) is 112 cm³/mol. The minimum atomic E-state index is 0.716. The second kappa shape index (κ2) is 7.76. The summed E-state index contributed by atoms with van der Waals surface area (Å²) >= 11 is 1.74. The van der Waals surface area contributed by atoms with Crippen LogP contribution >= 0.6 is 11.3 Å². The fourth-order valence-corrected chi connectivity index (χ4v) is 3.94. The van der Waals surface area contributed by atoms with E-state index < -0.39 is 0 Å². The van der Waals surface area contributed by atoms with Crippen LogP contribution in [0.15, 0.2) is 60.7 Å². The minimum absolute atomic E-state index is 0.716. The van der Waals surface area contributed by atoms with Gasteiger partial charge >= 0.3 is 0 Å². The third kappa shape index (κ3) is 3.93. The maximum atomic E-state index is 5.24. The Kier molecular flexibility index (Phi) is 5.03. The number of aryl methyl sites for hydroxylation is 1. The van der Waals surface area contributed by atoms with Crippen molar-refractivity contribution in [2.75, 3.05) is 12.4 Å². The molecule has 0 saturated carbocycles. The van der Waals surface area contributed by atoms with Crippen molar-refractivity contribution < 1.29 is 4.74 Å². The average Bonchev–Trinajstić information content (AvgIpc) is 3.13. The number of ether oxygens (including phenoxy) is 1. The number of hydrogen-bond donors (Lipinski definition) is 1. The van der Waals surface area contributed by atoms with Crippen LogP contribution in [-0.2, 0) is 12.8 Å². The summed E-state index contributed by atoms with van der Waals surface area (Å²) in [7, 11) is 1.67. The van der Waals surface area contributed by atoms with Gasteiger partial charge in [0.2, 0.25) is 0 Å². The summed E-state index contributed by atoms with van der Waals surface area (Å²) in [5, 5.41) is 4.54. The molecule has 2 heterocycles. The van der Waals surface area contributed by atoms with Crippen molar-refractivity contribution in [1.82, 2.24) is 9.97 Å². The Morgan fingerprint density at radius 1 is 1.00 bits per heavy atom. The van der Waals surface area contributed by atoms with Crippen LogP contribution in [0.25, 0.3) is 10.2 Å². The maximum absolute atomic E-state index is 5.24. The van der Waals surface area contributed by atoms with Gasteiger partial charge in [-0.15, -0.1) is 11.3 Å². The predicted octanol–water partition coefficient (Wildman–Crippen LogP) is 5.60. The van der Waals surface area contributed by atoms with E-state index >= 15 is 0 Å². The SMILES string of the molecule is CCc1cc2c(Nc3ccc(OC)cc3)nc(Cc3ccccc3)nc2s1. The molecule has 0 spiro atoms. The van der Waals surface area contributed by atoms with E-state index in [0.717, 1.165) is 39.7 Å². The van der Waals surface area contributed by atoms with E-state index in [0.29, 0.717) is 6.42 Å². The Balaban J connectivity index is 1.72. The summed E-state index contributed by atoms with van der Waals surface area (Å²) in [6.07, 6.45) is 1.71. The normalized spacial score (nSPS) is 10.9. The lowest BCUT2D eigenvalue weighted by atomic mass is 10.1. The Bertz CT molecular complexity index is 1040. The van der Waals surface area contributed by atoms with Crippen LogP contribution in [0.3, 0.4) is 0 Å². The molecule has 4 rings (SSSR count). The molecule has 2 aromatic heterocycles. The Hall–Kier alpha value is -2.92. The molecule has 0 atom stereocenters. The number of nitrogens with zero attached hydrogens (tertiary/aromatic N) is 2. The zero-order chi connectivity index (χ0) is 18.6. The number of benzene rings is 2. The van der Waals surface area contributed by atoms with Gasteiger partial charge in [-0.2, -0.15) is 0 Å². The van der Waals surface area contributed by atoms with Crippen LogP contribution < -0.4 is 10.1 Å². The standard InChI is InChI=1S/C22H21N3OS/c1-3-18-14-19-21(23-16-9-11-17(26-2)12-10-16)24-20(25-22(19)27-18)13-15-7-5-4-6-8-15/h4-12,14H,3,13H2,1-2H3,(H,23,24,25). The summed E-state index contributed by atoms with van der Waals surface area (Å²) in [5.41, 5.74) is 2.19. The van der Waals surface area contributed by atoms with E-state index in [4.69, 9.17) is 14.7 Å². The van der Waals surface area contributed by atoms with Gasteiger partial charge in [-0.05, 0) is 42.3 Å². The highest BCUT2D eigenvalue weighted by Gasteiger charge is 2.12. The fraction of sp³-hybridized carbons (Fsp3) is 0.182. The van der Waals surface area contributed by atoms with E-state index in [1.165, 1.54) is 10.4 Å². The number of thiophene rings is 1. The molecular formula is C22H21N3OS. The average molecular weight is 375 g/mol. The van der Waals surface area contributed by atoms with Crippen molar-refractivity contribution >= 4 is 33.1 Å². The van der Waals surface area contributed by atoms with Gasteiger partial charge in [0.1, 0.15) is 22.2 Å². The third-order valence-corrected chi connectivity index (χ3v) is 5.57. The first kappa shape index (κ1) is 17.5. The molecule has 27 heavy (non-hydrogen) atoms. The highest BCUT2D eigenvalue weighted by atomic mass is 32.1. The lowest BCUT2D eigenvalue weighted by molar-refractivity contribution is 0.415. The molecule has 0 radical (unpaired) electrons. The number of fused-ring (bicyclic) bond motifs is 1.